The van der Waals surface area contributed by atoms with Crippen molar-refractivity contribution < 1.29 is 19.3 Å². The second-order valence-electron chi connectivity index (χ2n) is 5.02. The standard InChI is InChI=1S/C13H24O4/c1-10(2)12(14)15-8-6-5-7-11-9-16-13(3,4)17-11/h11-12,14H,1,5-9H2,2-4H3. The van der Waals surface area contributed by atoms with E-state index in [1.807, 2.05) is 13.8 Å². The van der Waals surface area contributed by atoms with Gasteiger partial charge in [0.05, 0.1) is 19.3 Å². The molecule has 0 aromatic rings. The van der Waals surface area contributed by atoms with E-state index in [-0.39, 0.29) is 6.10 Å². The highest BCUT2D eigenvalue weighted by atomic mass is 16.7. The number of ether oxygens (including phenoxy) is 3. The smallest absolute Gasteiger partial charge is 0.176 e. The Kier molecular flexibility index (Phi) is 5.59. The third-order valence-corrected chi connectivity index (χ3v) is 2.69. The van der Waals surface area contributed by atoms with Gasteiger partial charge in [-0.2, -0.15) is 0 Å². The number of aliphatic hydroxyl groups excluding tert-OH is 1. The molecule has 0 radical (unpaired) electrons. The van der Waals surface area contributed by atoms with E-state index in [2.05, 4.69) is 6.58 Å². The first-order valence-electron chi connectivity index (χ1n) is 6.17. The fourth-order valence-electron chi connectivity index (χ4n) is 1.72. The molecule has 1 rings (SSSR count). The third-order valence-electron chi connectivity index (χ3n) is 2.69. The number of rotatable bonds is 7. The van der Waals surface area contributed by atoms with E-state index < -0.39 is 12.1 Å². The summed E-state index contributed by atoms with van der Waals surface area (Å²) in [7, 11) is 0. The molecule has 1 aliphatic heterocycles. The van der Waals surface area contributed by atoms with Crippen LogP contribution in [0.2, 0.25) is 0 Å². The van der Waals surface area contributed by atoms with Crippen molar-refractivity contribution >= 4 is 0 Å². The minimum absolute atomic E-state index is 0.191. The molecule has 1 N–H and O–H groups in total. The minimum Gasteiger partial charge on any atom is -0.364 e. The van der Waals surface area contributed by atoms with Crippen LogP contribution in [0, 0.1) is 0 Å². The van der Waals surface area contributed by atoms with Crippen molar-refractivity contribution in [1.29, 1.82) is 0 Å². The van der Waals surface area contributed by atoms with E-state index in [1.54, 1.807) is 6.92 Å². The molecule has 0 bridgehead atoms. The summed E-state index contributed by atoms with van der Waals surface area (Å²) in [5, 5.41) is 9.34. The van der Waals surface area contributed by atoms with Crippen LogP contribution in [0.1, 0.15) is 40.0 Å². The summed E-state index contributed by atoms with van der Waals surface area (Å²) in [6.45, 7) is 10.4. The maximum atomic E-state index is 9.34. The molecule has 0 aromatic carbocycles. The summed E-state index contributed by atoms with van der Waals surface area (Å²) >= 11 is 0. The lowest BCUT2D eigenvalue weighted by Crippen LogP contribution is -2.21. The zero-order chi connectivity index (χ0) is 12.9. The topological polar surface area (TPSA) is 47.9 Å². The van der Waals surface area contributed by atoms with Gasteiger partial charge in [0, 0.05) is 0 Å². The van der Waals surface area contributed by atoms with Gasteiger partial charge in [-0.15, -0.1) is 0 Å². The van der Waals surface area contributed by atoms with Crippen molar-refractivity contribution in [1.82, 2.24) is 0 Å². The molecule has 4 nitrogen and oxygen atoms in total. The highest BCUT2D eigenvalue weighted by Gasteiger charge is 2.31. The van der Waals surface area contributed by atoms with Crippen molar-refractivity contribution in [2.45, 2.75) is 58.2 Å². The number of hydrogen-bond acceptors (Lipinski definition) is 4. The molecule has 2 unspecified atom stereocenters. The van der Waals surface area contributed by atoms with Gasteiger partial charge >= 0.3 is 0 Å². The summed E-state index contributed by atoms with van der Waals surface area (Å²) in [5.41, 5.74) is 0.638. The molecular weight excluding hydrogens is 220 g/mol. The zero-order valence-electron chi connectivity index (χ0n) is 11.1. The molecular formula is C13H24O4. The number of unbranched alkanes of at least 4 members (excludes halogenated alkanes) is 1. The molecule has 0 spiro atoms. The quantitative estimate of drug-likeness (QED) is 0.424. The SMILES string of the molecule is C=C(C)C(O)OCCCCC1COC(C)(C)O1. The van der Waals surface area contributed by atoms with Crippen LogP contribution in [-0.2, 0) is 14.2 Å². The molecule has 4 heteroatoms. The van der Waals surface area contributed by atoms with Gasteiger partial charge < -0.3 is 19.3 Å². The molecule has 0 saturated carbocycles. The van der Waals surface area contributed by atoms with E-state index in [0.29, 0.717) is 18.8 Å². The van der Waals surface area contributed by atoms with E-state index in [0.717, 1.165) is 19.3 Å². The number of aliphatic hydroxyl groups is 1. The van der Waals surface area contributed by atoms with Gasteiger partial charge in [0.25, 0.3) is 0 Å². The average molecular weight is 244 g/mol. The fourth-order valence-corrected chi connectivity index (χ4v) is 1.72. The Morgan fingerprint density at radius 2 is 2.24 bits per heavy atom. The lowest BCUT2D eigenvalue weighted by Gasteiger charge is -2.17. The van der Waals surface area contributed by atoms with Crippen LogP contribution in [0.4, 0.5) is 0 Å². The van der Waals surface area contributed by atoms with Crippen LogP contribution in [-0.4, -0.2) is 36.5 Å². The van der Waals surface area contributed by atoms with Crippen LogP contribution in [0.5, 0.6) is 0 Å². The summed E-state index contributed by atoms with van der Waals surface area (Å²) in [4.78, 5) is 0. The molecule has 1 fully saturated rings. The van der Waals surface area contributed by atoms with Crippen molar-refractivity contribution in [2.75, 3.05) is 13.2 Å². The maximum absolute atomic E-state index is 9.34. The lowest BCUT2D eigenvalue weighted by atomic mass is 10.2. The first-order valence-corrected chi connectivity index (χ1v) is 6.17. The van der Waals surface area contributed by atoms with Crippen LogP contribution >= 0.6 is 0 Å². The predicted octanol–water partition coefficient (Wildman–Crippen LogP) is 2.22. The van der Waals surface area contributed by atoms with Gasteiger partial charge in [-0.1, -0.05) is 6.58 Å². The average Bonchev–Trinajstić information content (AvgIpc) is 2.57. The highest BCUT2D eigenvalue weighted by Crippen LogP contribution is 2.25. The summed E-state index contributed by atoms with van der Waals surface area (Å²) in [6.07, 6.45) is 2.24. The van der Waals surface area contributed by atoms with Crippen molar-refractivity contribution in [3.05, 3.63) is 12.2 Å². The monoisotopic (exact) mass is 244 g/mol. The van der Waals surface area contributed by atoms with Crippen molar-refractivity contribution in [3.8, 4) is 0 Å². The Bertz CT molecular complexity index is 250. The normalized spacial score (nSPS) is 24.8. The Hall–Kier alpha value is -0.420. The van der Waals surface area contributed by atoms with E-state index in [1.165, 1.54) is 0 Å². The summed E-state index contributed by atoms with van der Waals surface area (Å²) in [5.74, 6) is -0.433. The summed E-state index contributed by atoms with van der Waals surface area (Å²) in [6, 6.07) is 0. The second kappa shape index (κ2) is 6.50. The Morgan fingerprint density at radius 3 is 2.76 bits per heavy atom. The second-order valence-corrected chi connectivity index (χ2v) is 5.02. The Labute approximate surface area is 104 Å². The molecule has 0 aromatic heterocycles. The van der Waals surface area contributed by atoms with Crippen LogP contribution < -0.4 is 0 Å². The first-order chi connectivity index (χ1) is 7.91. The van der Waals surface area contributed by atoms with Gasteiger partial charge in [-0.05, 0) is 45.6 Å². The molecule has 1 saturated heterocycles. The Balaban J connectivity index is 2.00. The molecule has 1 aliphatic rings. The van der Waals surface area contributed by atoms with Crippen molar-refractivity contribution in [3.63, 3.8) is 0 Å². The maximum Gasteiger partial charge on any atom is 0.176 e. The minimum atomic E-state index is -0.833. The molecule has 0 aliphatic carbocycles. The first kappa shape index (κ1) is 14.6. The summed E-state index contributed by atoms with van der Waals surface area (Å²) < 4.78 is 16.4. The lowest BCUT2D eigenvalue weighted by molar-refractivity contribution is -0.139. The van der Waals surface area contributed by atoms with Gasteiger partial charge in [-0.3, -0.25) is 0 Å². The number of hydrogen-bond donors (Lipinski definition) is 1. The predicted molar refractivity (Wildman–Crippen MR) is 65.5 cm³/mol. The fraction of sp³-hybridized carbons (Fsp3) is 0.846. The van der Waals surface area contributed by atoms with E-state index in [9.17, 15) is 5.11 Å². The molecule has 1 heterocycles. The molecule has 17 heavy (non-hydrogen) atoms. The molecule has 0 amide bonds. The van der Waals surface area contributed by atoms with Gasteiger partial charge in [-0.25, -0.2) is 0 Å². The molecule has 2 atom stereocenters. The highest BCUT2D eigenvalue weighted by molar-refractivity contribution is 4.91. The largest absolute Gasteiger partial charge is 0.364 e. The van der Waals surface area contributed by atoms with Crippen LogP contribution in [0.3, 0.4) is 0 Å². The van der Waals surface area contributed by atoms with Crippen LogP contribution in [0.15, 0.2) is 12.2 Å². The van der Waals surface area contributed by atoms with Gasteiger partial charge in [0.1, 0.15) is 0 Å². The van der Waals surface area contributed by atoms with Gasteiger partial charge in [0.2, 0.25) is 0 Å². The van der Waals surface area contributed by atoms with E-state index >= 15 is 0 Å². The van der Waals surface area contributed by atoms with Crippen LogP contribution in [0.25, 0.3) is 0 Å². The molecule has 100 valence electrons. The van der Waals surface area contributed by atoms with Crippen molar-refractivity contribution in [2.24, 2.45) is 0 Å². The van der Waals surface area contributed by atoms with Gasteiger partial charge in [0.15, 0.2) is 12.1 Å². The Morgan fingerprint density at radius 1 is 1.53 bits per heavy atom. The van der Waals surface area contributed by atoms with E-state index in [4.69, 9.17) is 14.2 Å². The third kappa shape index (κ3) is 5.64. The zero-order valence-corrected chi connectivity index (χ0v) is 11.1.